The number of carbonyl (C=O) groups is 2. The van der Waals surface area contributed by atoms with Crippen LogP contribution >= 0.6 is 11.3 Å². The Balaban J connectivity index is 1.50. The van der Waals surface area contributed by atoms with Crippen molar-refractivity contribution in [3.8, 4) is 5.75 Å². The van der Waals surface area contributed by atoms with Crippen LogP contribution in [0.25, 0.3) is 0 Å². The zero-order valence-corrected chi connectivity index (χ0v) is 15.8. The minimum Gasteiger partial charge on any atom is -0.497 e. The van der Waals surface area contributed by atoms with Gasteiger partial charge in [0.2, 0.25) is 5.91 Å². The van der Waals surface area contributed by atoms with Crippen molar-refractivity contribution in [1.29, 1.82) is 0 Å². The van der Waals surface area contributed by atoms with Crippen LogP contribution in [0.4, 0.5) is 0 Å². The van der Waals surface area contributed by atoms with Crippen molar-refractivity contribution < 1.29 is 14.3 Å². The molecule has 0 atom stereocenters. The third kappa shape index (κ3) is 4.64. The first kappa shape index (κ1) is 18.5. The average Bonchev–Trinajstić information content (AvgIpc) is 3.10. The fourth-order valence-electron chi connectivity index (χ4n) is 3.13. The molecule has 6 heteroatoms. The van der Waals surface area contributed by atoms with E-state index in [9.17, 15) is 9.59 Å². The molecule has 2 aromatic rings. The van der Waals surface area contributed by atoms with E-state index >= 15 is 0 Å². The third-order valence-electron chi connectivity index (χ3n) is 4.65. The summed E-state index contributed by atoms with van der Waals surface area (Å²) in [5.74, 6) is 1.06. The Hall–Kier alpha value is -2.34. The van der Waals surface area contributed by atoms with Gasteiger partial charge in [-0.05, 0) is 42.0 Å². The number of ether oxygens (including phenoxy) is 1. The second-order valence-electron chi connectivity index (χ2n) is 6.35. The second-order valence-corrected chi connectivity index (χ2v) is 7.30. The minimum absolute atomic E-state index is 0.0764. The van der Waals surface area contributed by atoms with Crippen LogP contribution in [-0.4, -0.2) is 54.9 Å². The Labute approximate surface area is 158 Å². The average molecular weight is 372 g/mol. The molecule has 0 saturated carbocycles. The van der Waals surface area contributed by atoms with E-state index in [4.69, 9.17) is 4.74 Å². The molecule has 0 unspecified atom stereocenters. The third-order valence-corrected chi connectivity index (χ3v) is 5.51. The lowest BCUT2D eigenvalue weighted by atomic mass is 10.1. The molecule has 1 aromatic carbocycles. The number of thiophene rings is 1. The quantitative estimate of drug-likeness (QED) is 0.810. The standard InChI is InChI=1S/C20H24N2O3S/c1-25-17-8-5-16(6-9-17)7-10-19(23)21-11-3-12-22(14-13-21)20(24)18-4-2-15-26-18/h2,4-6,8-9,15H,3,7,10-14H2,1H3. The molecule has 1 aromatic heterocycles. The molecule has 2 amide bonds. The fourth-order valence-corrected chi connectivity index (χ4v) is 3.82. The van der Waals surface area contributed by atoms with Gasteiger partial charge in [-0.1, -0.05) is 18.2 Å². The number of hydrogen-bond acceptors (Lipinski definition) is 4. The van der Waals surface area contributed by atoms with Gasteiger partial charge in [-0.25, -0.2) is 0 Å². The molecule has 1 saturated heterocycles. The van der Waals surface area contributed by atoms with Gasteiger partial charge in [0.15, 0.2) is 0 Å². The maximum absolute atomic E-state index is 12.6. The van der Waals surface area contributed by atoms with Crippen molar-refractivity contribution in [2.24, 2.45) is 0 Å². The highest BCUT2D eigenvalue weighted by molar-refractivity contribution is 7.12. The van der Waals surface area contributed by atoms with Crippen molar-refractivity contribution in [3.05, 3.63) is 52.2 Å². The maximum Gasteiger partial charge on any atom is 0.263 e. The molecule has 3 rings (SSSR count). The molecule has 1 fully saturated rings. The molecular weight excluding hydrogens is 348 g/mol. The first-order valence-electron chi connectivity index (χ1n) is 8.91. The summed E-state index contributed by atoms with van der Waals surface area (Å²) >= 11 is 1.47. The van der Waals surface area contributed by atoms with Crippen LogP contribution in [0, 0.1) is 0 Å². The number of nitrogens with zero attached hydrogens (tertiary/aromatic N) is 2. The summed E-state index contributed by atoms with van der Waals surface area (Å²) in [6.45, 7) is 2.64. The van der Waals surface area contributed by atoms with E-state index in [1.165, 1.54) is 11.3 Å². The molecule has 1 aliphatic rings. The van der Waals surface area contributed by atoms with Crippen molar-refractivity contribution in [2.75, 3.05) is 33.3 Å². The van der Waals surface area contributed by atoms with Crippen molar-refractivity contribution in [2.45, 2.75) is 19.3 Å². The van der Waals surface area contributed by atoms with Gasteiger partial charge < -0.3 is 14.5 Å². The Kier molecular flexibility index (Phi) is 6.28. The van der Waals surface area contributed by atoms with Crippen molar-refractivity contribution >= 4 is 23.2 Å². The topological polar surface area (TPSA) is 49.9 Å². The van der Waals surface area contributed by atoms with Crippen LogP contribution in [0.5, 0.6) is 5.75 Å². The molecule has 138 valence electrons. The lowest BCUT2D eigenvalue weighted by molar-refractivity contribution is -0.131. The number of amides is 2. The lowest BCUT2D eigenvalue weighted by Crippen LogP contribution is -2.37. The van der Waals surface area contributed by atoms with Gasteiger partial charge in [-0.15, -0.1) is 11.3 Å². The summed E-state index contributed by atoms with van der Waals surface area (Å²) in [5.41, 5.74) is 1.13. The monoisotopic (exact) mass is 372 g/mol. The predicted octanol–water partition coefficient (Wildman–Crippen LogP) is 3.06. The van der Waals surface area contributed by atoms with E-state index in [-0.39, 0.29) is 11.8 Å². The summed E-state index contributed by atoms with van der Waals surface area (Å²) in [7, 11) is 1.64. The Morgan fingerprint density at radius 1 is 1.04 bits per heavy atom. The zero-order valence-electron chi connectivity index (χ0n) is 15.0. The zero-order chi connectivity index (χ0) is 18.4. The van der Waals surface area contributed by atoms with Gasteiger partial charge in [0, 0.05) is 32.6 Å². The molecule has 0 spiro atoms. The molecule has 2 heterocycles. The van der Waals surface area contributed by atoms with E-state index in [0.717, 1.165) is 35.6 Å². The summed E-state index contributed by atoms with van der Waals surface area (Å²) < 4.78 is 5.15. The molecule has 0 radical (unpaired) electrons. The Bertz CT molecular complexity index is 728. The van der Waals surface area contributed by atoms with Gasteiger partial charge in [0.25, 0.3) is 5.91 Å². The lowest BCUT2D eigenvalue weighted by Gasteiger charge is -2.22. The van der Waals surface area contributed by atoms with E-state index in [1.807, 2.05) is 51.6 Å². The number of hydrogen-bond donors (Lipinski definition) is 0. The SMILES string of the molecule is COc1ccc(CCC(=O)N2CCCN(C(=O)c3cccs3)CC2)cc1. The second kappa shape index (κ2) is 8.85. The number of benzene rings is 1. The highest BCUT2D eigenvalue weighted by Crippen LogP contribution is 2.16. The Morgan fingerprint density at radius 2 is 1.77 bits per heavy atom. The van der Waals surface area contributed by atoms with E-state index in [0.29, 0.717) is 26.1 Å². The van der Waals surface area contributed by atoms with E-state index < -0.39 is 0 Å². The first-order chi connectivity index (χ1) is 12.7. The van der Waals surface area contributed by atoms with Crippen LogP contribution < -0.4 is 4.74 Å². The van der Waals surface area contributed by atoms with E-state index in [1.54, 1.807) is 7.11 Å². The maximum atomic E-state index is 12.6. The molecule has 0 N–H and O–H groups in total. The predicted molar refractivity (Wildman–Crippen MR) is 103 cm³/mol. The fraction of sp³-hybridized carbons (Fsp3) is 0.400. The first-order valence-corrected chi connectivity index (χ1v) is 9.79. The minimum atomic E-state index is 0.0764. The summed E-state index contributed by atoms with van der Waals surface area (Å²) in [5, 5.41) is 1.92. The highest BCUT2D eigenvalue weighted by atomic mass is 32.1. The summed E-state index contributed by atoms with van der Waals surface area (Å²) in [6, 6.07) is 11.6. The largest absolute Gasteiger partial charge is 0.497 e. The van der Waals surface area contributed by atoms with Crippen LogP contribution in [-0.2, 0) is 11.2 Å². The van der Waals surface area contributed by atoms with E-state index in [2.05, 4.69) is 0 Å². The van der Waals surface area contributed by atoms with Crippen LogP contribution in [0.15, 0.2) is 41.8 Å². The smallest absolute Gasteiger partial charge is 0.263 e. The normalized spacial score (nSPS) is 14.8. The van der Waals surface area contributed by atoms with Crippen molar-refractivity contribution in [3.63, 3.8) is 0 Å². The van der Waals surface area contributed by atoms with Gasteiger partial charge in [0.1, 0.15) is 5.75 Å². The number of carbonyl (C=O) groups excluding carboxylic acids is 2. The van der Waals surface area contributed by atoms with Gasteiger partial charge in [0.05, 0.1) is 12.0 Å². The molecule has 5 nitrogen and oxygen atoms in total. The molecule has 26 heavy (non-hydrogen) atoms. The van der Waals surface area contributed by atoms with Crippen molar-refractivity contribution in [1.82, 2.24) is 9.80 Å². The molecule has 0 aliphatic carbocycles. The number of methoxy groups -OCH3 is 1. The van der Waals surface area contributed by atoms with Crippen LogP contribution in [0.2, 0.25) is 0 Å². The number of rotatable bonds is 5. The van der Waals surface area contributed by atoms with Crippen LogP contribution in [0.1, 0.15) is 28.1 Å². The molecule has 1 aliphatic heterocycles. The Morgan fingerprint density at radius 3 is 2.46 bits per heavy atom. The van der Waals surface area contributed by atoms with Gasteiger partial charge in [-0.2, -0.15) is 0 Å². The molecule has 0 bridgehead atoms. The molecular formula is C20H24N2O3S. The number of aryl methyl sites for hydroxylation is 1. The summed E-state index contributed by atoms with van der Waals surface area (Å²) in [4.78, 5) is 29.6. The van der Waals surface area contributed by atoms with Gasteiger partial charge >= 0.3 is 0 Å². The van der Waals surface area contributed by atoms with Crippen LogP contribution in [0.3, 0.4) is 0 Å². The van der Waals surface area contributed by atoms with Gasteiger partial charge in [-0.3, -0.25) is 9.59 Å². The highest BCUT2D eigenvalue weighted by Gasteiger charge is 2.23. The summed E-state index contributed by atoms with van der Waals surface area (Å²) in [6.07, 6.45) is 2.04.